The number of aromatic nitrogens is 1. The van der Waals surface area contributed by atoms with Gasteiger partial charge >= 0.3 is 5.91 Å². The van der Waals surface area contributed by atoms with Gasteiger partial charge in [-0.25, -0.2) is 4.98 Å². The number of benzene rings is 3. The second-order valence-corrected chi connectivity index (χ2v) is 9.32. The van der Waals surface area contributed by atoms with Crippen LogP contribution in [0.2, 0.25) is 0 Å². The number of ketones is 1. The Labute approximate surface area is 220 Å². The van der Waals surface area contributed by atoms with Gasteiger partial charge in [-0.05, 0) is 55.0 Å². The third-order valence-corrected chi connectivity index (χ3v) is 7.09. The zero-order valence-corrected chi connectivity index (χ0v) is 21.1. The number of rotatable bonds is 7. The van der Waals surface area contributed by atoms with E-state index in [1.165, 1.54) is 30.2 Å². The highest BCUT2D eigenvalue weighted by Gasteiger charge is 2.48. The van der Waals surface area contributed by atoms with Crippen molar-refractivity contribution in [3.05, 3.63) is 93.5 Å². The van der Waals surface area contributed by atoms with E-state index < -0.39 is 28.4 Å². The molecule has 0 aliphatic carbocycles. The molecule has 11 heteroatoms. The van der Waals surface area contributed by atoms with Crippen molar-refractivity contribution in [2.24, 2.45) is 0 Å². The normalized spacial score (nSPS) is 16.7. The summed E-state index contributed by atoms with van der Waals surface area (Å²) in [7, 11) is 1.53. The van der Waals surface area contributed by atoms with Gasteiger partial charge < -0.3 is 14.6 Å². The molecule has 0 saturated carbocycles. The highest BCUT2D eigenvalue weighted by Crippen LogP contribution is 2.45. The number of hydrogen-bond donors (Lipinski definition) is 1. The minimum Gasteiger partial charge on any atom is -0.507 e. The lowest BCUT2D eigenvalue weighted by Gasteiger charge is -2.22. The number of aliphatic hydroxyl groups excluding tert-OH is 1. The molecule has 1 saturated heterocycles. The Hall–Kier alpha value is -4.77. The fourth-order valence-electron chi connectivity index (χ4n) is 4.31. The summed E-state index contributed by atoms with van der Waals surface area (Å²) in [4.78, 5) is 43.5. The fraction of sp³-hybridized carbons (Fsp3) is 0.148. The van der Waals surface area contributed by atoms with Crippen molar-refractivity contribution in [1.29, 1.82) is 0 Å². The molecule has 0 unspecified atom stereocenters. The van der Waals surface area contributed by atoms with E-state index in [4.69, 9.17) is 9.47 Å². The third kappa shape index (κ3) is 4.33. The van der Waals surface area contributed by atoms with Crippen molar-refractivity contribution in [3.63, 3.8) is 0 Å². The molecule has 4 aromatic rings. The van der Waals surface area contributed by atoms with Crippen molar-refractivity contribution in [1.82, 2.24) is 4.98 Å². The zero-order chi connectivity index (χ0) is 27.0. The van der Waals surface area contributed by atoms with E-state index in [2.05, 4.69) is 4.98 Å². The summed E-state index contributed by atoms with van der Waals surface area (Å²) in [6.45, 7) is 2.30. The first-order valence-electron chi connectivity index (χ1n) is 11.6. The van der Waals surface area contributed by atoms with Crippen molar-refractivity contribution >= 4 is 49.8 Å². The smallest absolute Gasteiger partial charge is 0.301 e. The van der Waals surface area contributed by atoms with E-state index in [0.29, 0.717) is 28.3 Å². The average molecular weight is 532 g/mol. The second kappa shape index (κ2) is 9.94. The number of nitro benzene ring substituents is 1. The number of carbonyl (C=O) groups excluding carboxylic acids is 2. The van der Waals surface area contributed by atoms with Gasteiger partial charge in [-0.2, -0.15) is 0 Å². The van der Waals surface area contributed by atoms with Crippen molar-refractivity contribution in [2.75, 3.05) is 18.6 Å². The zero-order valence-electron chi connectivity index (χ0n) is 20.3. The van der Waals surface area contributed by atoms with Gasteiger partial charge in [0, 0.05) is 17.7 Å². The van der Waals surface area contributed by atoms with Crippen LogP contribution in [0.1, 0.15) is 24.1 Å². The van der Waals surface area contributed by atoms with Crippen LogP contribution in [0.5, 0.6) is 11.5 Å². The maximum absolute atomic E-state index is 13.4. The summed E-state index contributed by atoms with van der Waals surface area (Å²) in [5.74, 6) is -1.07. The van der Waals surface area contributed by atoms with E-state index >= 15 is 0 Å². The van der Waals surface area contributed by atoms with Crippen molar-refractivity contribution in [3.8, 4) is 11.5 Å². The summed E-state index contributed by atoms with van der Waals surface area (Å²) in [5.41, 5.74) is 0.732. The number of methoxy groups -OCH3 is 1. The Morgan fingerprint density at radius 1 is 1.11 bits per heavy atom. The van der Waals surface area contributed by atoms with Crippen LogP contribution in [0.3, 0.4) is 0 Å². The fourth-order valence-corrected chi connectivity index (χ4v) is 5.33. The largest absolute Gasteiger partial charge is 0.507 e. The minimum atomic E-state index is -1.15. The van der Waals surface area contributed by atoms with Crippen LogP contribution in [0, 0.1) is 10.1 Å². The molecule has 1 aliphatic rings. The van der Waals surface area contributed by atoms with Crippen LogP contribution in [0.15, 0.2) is 72.3 Å². The lowest BCUT2D eigenvalue weighted by molar-refractivity contribution is -0.384. The molecule has 1 N–H and O–H groups in total. The minimum absolute atomic E-state index is 0.198. The number of nitro groups is 1. The second-order valence-electron chi connectivity index (χ2n) is 8.31. The predicted molar refractivity (Wildman–Crippen MR) is 142 cm³/mol. The quantitative estimate of drug-likeness (QED) is 0.113. The number of Topliss-reactive ketones (excluding diaryl/α,β-unsaturated/α-hetero) is 1. The van der Waals surface area contributed by atoms with Gasteiger partial charge in [0.05, 0.1) is 40.5 Å². The van der Waals surface area contributed by atoms with Gasteiger partial charge in [0.1, 0.15) is 17.3 Å². The number of aliphatic hydroxyl groups is 1. The number of fused-ring (bicyclic) bond motifs is 1. The van der Waals surface area contributed by atoms with Crippen LogP contribution < -0.4 is 14.4 Å². The Bertz CT molecular complexity index is 1610. The van der Waals surface area contributed by atoms with Gasteiger partial charge in [0.15, 0.2) is 5.13 Å². The SMILES string of the molecule is CCOc1ccc(C(O)=C2C(=O)C(=O)N(c3nc4ccc(OC)cc4s3)[C@@H]2c2cccc([N+](=O)[O-])c2)cc1. The third-order valence-electron chi connectivity index (χ3n) is 6.07. The summed E-state index contributed by atoms with van der Waals surface area (Å²) in [5, 5.41) is 23.0. The number of nitrogens with zero attached hydrogens (tertiary/aromatic N) is 3. The van der Waals surface area contributed by atoms with Crippen LogP contribution in [-0.2, 0) is 9.59 Å². The van der Waals surface area contributed by atoms with Gasteiger partial charge in [0.2, 0.25) is 0 Å². The molecule has 3 aromatic carbocycles. The molecule has 5 rings (SSSR count). The molecule has 38 heavy (non-hydrogen) atoms. The molecule has 1 aromatic heterocycles. The van der Waals surface area contributed by atoms with E-state index in [9.17, 15) is 24.8 Å². The first-order chi connectivity index (χ1) is 18.3. The van der Waals surface area contributed by atoms with Crippen LogP contribution in [-0.4, -0.2) is 40.4 Å². The molecule has 1 aliphatic heterocycles. The van der Waals surface area contributed by atoms with Gasteiger partial charge in [-0.3, -0.25) is 24.6 Å². The summed E-state index contributed by atoms with van der Waals surface area (Å²) >= 11 is 1.16. The molecule has 0 radical (unpaired) electrons. The lowest BCUT2D eigenvalue weighted by atomic mass is 9.95. The van der Waals surface area contributed by atoms with E-state index in [-0.39, 0.29) is 27.5 Å². The summed E-state index contributed by atoms with van der Waals surface area (Å²) < 4.78 is 11.4. The molecule has 1 atom stereocenters. The number of anilines is 1. The van der Waals surface area contributed by atoms with Crippen LogP contribution >= 0.6 is 11.3 Å². The Morgan fingerprint density at radius 2 is 1.84 bits per heavy atom. The van der Waals surface area contributed by atoms with Crippen molar-refractivity contribution in [2.45, 2.75) is 13.0 Å². The Balaban J connectivity index is 1.70. The number of non-ortho nitro benzene ring substituents is 1. The first kappa shape index (κ1) is 24.9. The lowest BCUT2D eigenvalue weighted by Crippen LogP contribution is -2.29. The van der Waals surface area contributed by atoms with E-state index in [1.54, 1.807) is 48.5 Å². The van der Waals surface area contributed by atoms with Crippen molar-refractivity contribution < 1.29 is 29.1 Å². The molecule has 1 amide bonds. The number of ether oxygens (including phenoxy) is 2. The number of thiazole rings is 1. The topological polar surface area (TPSA) is 132 Å². The highest BCUT2D eigenvalue weighted by molar-refractivity contribution is 7.22. The van der Waals surface area contributed by atoms with Gasteiger partial charge in [-0.15, -0.1) is 0 Å². The average Bonchev–Trinajstić information content (AvgIpc) is 3.46. The molecule has 0 spiro atoms. The van der Waals surface area contributed by atoms with E-state index in [0.717, 1.165) is 11.3 Å². The predicted octanol–water partition coefficient (Wildman–Crippen LogP) is 5.24. The Kier molecular flexibility index (Phi) is 6.52. The molecular formula is C27H21N3O7S. The van der Waals surface area contributed by atoms with Crippen LogP contribution in [0.25, 0.3) is 16.0 Å². The molecule has 192 valence electrons. The highest BCUT2D eigenvalue weighted by atomic mass is 32.1. The first-order valence-corrected chi connectivity index (χ1v) is 12.4. The standard InChI is InChI=1S/C27H21N3O7S/c1-3-37-18-9-7-15(8-10-18)24(31)22-23(16-5-4-6-17(13-16)30(34)35)29(26(33)25(22)32)27-28-20-12-11-19(36-2)14-21(20)38-27/h4-14,23,31H,3H2,1-2H3/t23-/m1/s1. The maximum Gasteiger partial charge on any atom is 0.301 e. The number of carbonyl (C=O) groups is 2. The molecule has 10 nitrogen and oxygen atoms in total. The van der Waals surface area contributed by atoms with Gasteiger partial charge in [-0.1, -0.05) is 23.5 Å². The summed E-state index contributed by atoms with van der Waals surface area (Å²) in [6, 6.07) is 16.1. The monoisotopic (exact) mass is 531 g/mol. The molecule has 0 bridgehead atoms. The number of amides is 1. The molecule has 1 fully saturated rings. The number of hydrogen-bond acceptors (Lipinski definition) is 9. The molecular weight excluding hydrogens is 510 g/mol. The Morgan fingerprint density at radius 3 is 2.53 bits per heavy atom. The maximum atomic E-state index is 13.4. The van der Waals surface area contributed by atoms with Gasteiger partial charge in [0.25, 0.3) is 11.5 Å². The van der Waals surface area contributed by atoms with E-state index in [1.807, 2.05) is 6.92 Å². The molecule has 2 heterocycles. The summed E-state index contributed by atoms with van der Waals surface area (Å²) in [6.07, 6.45) is 0. The van der Waals surface area contributed by atoms with Crippen LogP contribution in [0.4, 0.5) is 10.8 Å².